The molecule has 3 heterocycles. The summed E-state index contributed by atoms with van der Waals surface area (Å²) in [5, 5.41) is 1.11. The zero-order valence-electron chi connectivity index (χ0n) is 11.7. The molecule has 1 aliphatic rings. The van der Waals surface area contributed by atoms with Gasteiger partial charge in [0, 0.05) is 23.9 Å². The Morgan fingerprint density at radius 1 is 1.29 bits per heavy atom. The number of hydrogen-bond acceptors (Lipinski definition) is 2. The second kappa shape index (κ2) is 4.60. The number of nitrogens with zero attached hydrogens (tertiary/aromatic N) is 3. The van der Waals surface area contributed by atoms with Crippen LogP contribution in [0.4, 0.5) is 4.39 Å². The van der Waals surface area contributed by atoms with E-state index in [2.05, 4.69) is 24.8 Å². The molecule has 1 unspecified atom stereocenters. The van der Waals surface area contributed by atoms with Crippen LogP contribution in [0.2, 0.25) is 0 Å². The summed E-state index contributed by atoms with van der Waals surface area (Å²) in [4.78, 5) is 8.74. The zero-order valence-corrected chi connectivity index (χ0v) is 12.8. The van der Waals surface area contributed by atoms with Crippen molar-refractivity contribution in [1.82, 2.24) is 14.4 Å². The first kappa shape index (κ1) is 12.9. The fourth-order valence-corrected chi connectivity index (χ4v) is 3.01. The van der Waals surface area contributed by atoms with Gasteiger partial charge in [-0.15, -0.1) is 9.24 Å². The Morgan fingerprint density at radius 2 is 2.10 bits per heavy atom. The first-order valence-corrected chi connectivity index (χ1v) is 7.61. The third-order valence-electron chi connectivity index (χ3n) is 4.05. The van der Waals surface area contributed by atoms with E-state index in [0.717, 1.165) is 22.2 Å². The second-order valence-electron chi connectivity index (χ2n) is 5.60. The summed E-state index contributed by atoms with van der Waals surface area (Å²) in [6, 6.07) is 4.02. The maximum absolute atomic E-state index is 13.8. The Balaban J connectivity index is 2.04. The summed E-state index contributed by atoms with van der Waals surface area (Å²) in [6.07, 6.45) is 7.39. The molecular formula is C16H15FN3P. The molecular weight excluding hydrogens is 284 g/mol. The number of hydrogen-bond donors (Lipinski definition) is 0. The summed E-state index contributed by atoms with van der Waals surface area (Å²) < 4.78 is 16.0. The van der Waals surface area contributed by atoms with Gasteiger partial charge in [0.15, 0.2) is 0 Å². The van der Waals surface area contributed by atoms with Gasteiger partial charge >= 0.3 is 0 Å². The summed E-state index contributed by atoms with van der Waals surface area (Å²) in [5.41, 5.74) is 4.37. The van der Waals surface area contributed by atoms with Crippen LogP contribution in [0.25, 0.3) is 16.9 Å². The normalized spacial score (nSPS) is 14.8. The lowest BCUT2D eigenvalue weighted by atomic mass is 10.0. The minimum Gasteiger partial charge on any atom is -0.303 e. The van der Waals surface area contributed by atoms with Crippen molar-refractivity contribution in [2.75, 3.05) is 0 Å². The average Bonchev–Trinajstić information content (AvgIpc) is 3.23. The van der Waals surface area contributed by atoms with Crippen LogP contribution < -0.4 is 5.30 Å². The lowest BCUT2D eigenvalue weighted by Crippen LogP contribution is -1.99. The van der Waals surface area contributed by atoms with Crippen molar-refractivity contribution in [3.05, 3.63) is 47.8 Å². The number of rotatable bonds is 2. The molecule has 0 saturated heterocycles. The van der Waals surface area contributed by atoms with E-state index in [1.54, 1.807) is 13.1 Å². The zero-order chi connectivity index (χ0) is 14.6. The Hall–Kier alpha value is -1.80. The highest BCUT2D eigenvalue weighted by atomic mass is 31.0. The highest BCUT2D eigenvalue weighted by Crippen LogP contribution is 2.45. The first-order valence-electron chi connectivity index (χ1n) is 7.03. The van der Waals surface area contributed by atoms with E-state index >= 15 is 0 Å². The fourth-order valence-electron chi connectivity index (χ4n) is 2.76. The minimum atomic E-state index is -0.280. The molecule has 0 radical (unpaired) electrons. The van der Waals surface area contributed by atoms with Crippen LogP contribution in [-0.2, 0) is 0 Å². The summed E-state index contributed by atoms with van der Waals surface area (Å²) in [6.45, 7) is 1.79. The van der Waals surface area contributed by atoms with Crippen molar-refractivity contribution < 1.29 is 4.39 Å². The lowest BCUT2D eigenvalue weighted by molar-refractivity contribution is 0.612. The lowest BCUT2D eigenvalue weighted by Gasteiger charge is -2.07. The van der Waals surface area contributed by atoms with Crippen LogP contribution in [-0.4, -0.2) is 14.4 Å². The third kappa shape index (κ3) is 2.06. The molecule has 0 amide bonds. The van der Waals surface area contributed by atoms with Gasteiger partial charge < -0.3 is 4.40 Å². The molecule has 106 valence electrons. The molecule has 0 bridgehead atoms. The maximum atomic E-state index is 13.8. The quantitative estimate of drug-likeness (QED) is 0.680. The van der Waals surface area contributed by atoms with Crippen LogP contribution in [0.15, 0.2) is 30.7 Å². The number of fused-ring (bicyclic) bond motifs is 1. The molecule has 3 nitrogen and oxygen atoms in total. The Morgan fingerprint density at radius 3 is 2.86 bits per heavy atom. The summed E-state index contributed by atoms with van der Waals surface area (Å²) in [7, 11) is 2.71. The summed E-state index contributed by atoms with van der Waals surface area (Å²) in [5.74, 6) is 0.238. The van der Waals surface area contributed by atoms with Crippen molar-refractivity contribution in [3.8, 4) is 11.3 Å². The van der Waals surface area contributed by atoms with Gasteiger partial charge in [-0.05, 0) is 42.8 Å². The van der Waals surface area contributed by atoms with Gasteiger partial charge in [-0.2, -0.15) is 0 Å². The van der Waals surface area contributed by atoms with Gasteiger partial charge in [0.2, 0.25) is 0 Å². The van der Waals surface area contributed by atoms with Gasteiger partial charge in [0.1, 0.15) is 11.5 Å². The van der Waals surface area contributed by atoms with E-state index in [9.17, 15) is 4.39 Å². The highest BCUT2D eigenvalue weighted by molar-refractivity contribution is 7.27. The van der Waals surface area contributed by atoms with Crippen LogP contribution >= 0.6 is 9.24 Å². The average molecular weight is 299 g/mol. The van der Waals surface area contributed by atoms with Crippen LogP contribution in [0, 0.1) is 12.7 Å². The monoisotopic (exact) mass is 299 g/mol. The smallest absolute Gasteiger partial charge is 0.145 e. The second-order valence-corrected chi connectivity index (χ2v) is 6.27. The minimum absolute atomic E-state index is 0.280. The van der Waals surface area contributed by atoms with E-state index in [1.807, 2.05) is 12.1 Å². The number of aromatic nitrogens is 3. The van der Waals surface area contributed by atoms with Gasteiger partial charge in [-0.1, -0.05) is 0 Å². The molecule has 0 aromatic carbocycles. The van der Waals surface area contributed by atoms with Gasteiger partial charge in [0.25, 0.3) is 0 Å². The predicted octanol–water partition coefficient (Wildman–Crippen LogP) is 3.22. The Kier molecular flexibility index (Phi) is 2.83. The van der Waals surface area contributed by atoms with E-state index in [-0.39, 0.29) is 5.82 Å². The van der Waals surface area contributed by atoms with Crippen LogP contribution in [0.1, 0.15) is 30.0 Å². The van der Waals surface area contributed by atoms with E-state index in [4.69, 9.17) is 4.98 Å². The molecule has 21 heavy (non-hydrogen) atoms. The Labute approximate surface area is 124 Å². The molecule has 1 aliphatic carbocycles. The molecule has 3 aromatic heterocycles. The fraction of sp³-hybridized carbons (Fsp3) is 0.250. The Bertz CT molecular complexity index is 852. The molecule has 1 saturated carbocycles. The van der Waals surface area contributed by atoms with E-state index in [0.29, 0.717) is 11.5 Å². The van der Waals surface area contributed by atoms with Gasteiger partial charge in [-0.3, -0.25) is 4.98 Å². The molecule has 4 rings (SSSR count). The van der Waals surface area contributed by atoms with Crippen LogP contribution in [0.5, 0.6) is 0 Å². The number of imidazole rings is 1. The van der Waals surface area contributed by atoms with Crippen molar-refractivity contribution in [3.63, 3.8) is 0 Å². The SMILES string of the molecule is Cc1c(F)cncc1-c1nc2ccc(P)cn2c1C1CC1. The van der Waals surface area contributed by atoms with Crippen molar-refractivity contribution in [2.24, 2.45) is 0 Å². The first-order chi connectivity index (χ1) is 10.1. The maximum Gasteiger partial charge on any atom is 0.145 e. The molecule has 1 atom stereocenters. The highest BCUT2D eigenvalue weighted by Gasteiger charge is 2.31. The van der Waals surface area contributed by atoms with E-state index < -0.39 is 0 Å². The summed E-state index contributed by atoms with van der Waals surface area (Å²) >= 11 is 0. The molecule has 3 aromatic rings. The van der Waals surface area contributed by atoms with Crippen molar-refractivity contribution in [2.45, 2.75) is 25.7 Å². The molecule has 0 aliphatic heterocycles. The van der Waals surface area contributed by atoms with Gasteiger partial charge in [0.05, 0.1) is 17.6 Å². The molecule has 0 N–H and O–H groups in total. The van der Waals surface area contributed by atoms with E-state index in [1.165, 1.54) is 24.7 Å². The standard InChI is InChI=1S/C16H15FN3P/c1-9-12(6-18-7-13(9)17)15-16(10-2-3-10)20-8-11(21)4-5-14(20)19-15/h4-8,10H,2-3,21H2,1H3. The third-order valence-corrected chi connectivity index (χ3v) is 4.39. The largest absolute Gasteiger partial charge is 0.303 e. The number of pyridine rings is 2. The van der Waals surface area contributed by atoms with Gasteiger partial charge in [-0.25, -0.2) is 9.37 Å². The van der Waals surface area contributed by atoms with Crippen LogP contribution in [0.3, 0.4) is 0 Å². The molecule has 1 fully saturated rings. The topological polar surface area (TPSA) is 30.2 Å². The van der Waals surface area contributed by atoms with Crippen molar-refractivity contribution >= 4 is 20.2 Å². The molecule has 0 spiro atoms. The number of halogens is 1. The molecule has 5 heteroatoms. The van der Waals surface area contributed by atoms with Crippen molar-refractivity contribution in [1.29, 1.82) is 0 Å². The predicted molar refractivity (Wildman–Crippen MR) is 84.4 cm³/mol.